The Hall–Kier alpha value is -3.38. The highest BCUT2D eigenvalue weighted by Gasteiger charge is 2.23. The summed E-state index contributed by atoms with van der Waals surface area (Å²) in [5.41, 5.74) is 4.30. The molecule has 4 aromatic rings. The molecule has 5 nitrogen and oxygen atoms in total. The van der Waals surface area contributed by atoms with Crippen molar-refractivity contribution in [1.82, 2.24) is 14.8 Å². The maximum absolute atomic E-state index is 12.6. The molecule has 0 aliphatic heterocycles. The SMILES string of the molecule is CCc1ccccc1NC(=O)CSc1nnc(C(c2ccccc2)c2ccccc2)n1C. The van der Waals surface area contributed by atoms with Crippen molar-refractivity contribution in [2.75, 3.05) is 11.1 Å². The molecule has 1 N–H and O–H groups in total. The number of para-hydroxylation sites is 1. The molecule has 0 aliphatic carbocycles. The van der Waals surface area contributed by atoms with Crippen molar-refractivity contribution in [2.45, 2.75) is 24.4 Å². The lowest BCUT2D eigenvalue weighted by molar-refractivity contribution is -0.113. The van der Waals surface area contributed by atoms with Gasteiger partial charge in [0.2, 0.25) is 5.91 Å². The van der Waals surface area contributed by atoms with E-state index in [-0.39, 0.29) is 17.6 Å². The van der Waals surface area contributed by atoms with Crippen LogP contribution in [0.4, 0.5) is 5.69 Å². The van der Waals surface area contributed by atoms with Crippen molar-refractivity contribution in [3.05, 3.63) is 107 Å². The van der Waals surface area contributed by atoms with Gasteiger partial charge in [-0.05, 0) is 29.2 Å². The highest BCUT2D eigenvalue weighted by molar-refractivity contribution is 7.99. The molecule has 4 rings (SSSR count). The molecule has 0 fully saturated rings. The summed E-state index contributed by atoms with van der Waals surface area (Å²) < 4.78 is 1.99. The molecule has 0 saturated heterocycles. The van der Waals surface area contributed by atoms with Crippen molar-refractivity contribution in [3.63, 3.8) is 0 Å². The van der Waals surface area contributed by atoms with Gasteiger partial charge in [-0.25, -0.2) is 0 Å². The Morgan fingerprint density at radius 1 is 0.906 bits per heavy atom. The fourth-order valence-corrected chi connectivity index (χ4v) is 4.47. The molecule has 1 aromatic heterocycles. The lowest BCUT2D eigenvalue weighted by Gasteiger charge is -2.17. The smallest absolute Gasteiger partial charge is 0.234 e. The standard InChI is InChI=1S/C26H26N4OS/c1-3-19-12-10-11-17-22(19)27-23(31)18-32-26-29-28-25(30(26)2)24(20-13-6-4-7-14-20)21-15-8-5-9-16-21/h4-17,24H,3,18H2,1-2H3,(H,27,31). The number of nitrogens with one attached hydrogen (secondary N) is 1. The third kappa shape index (κ3) is 4.92. The van der Waals surface area contributed by atoms with Crippen molar-refractivity contribution in [2.24, 2.45) is 7.05 Å². The predicted octanol–water partition coefficient (Wildman–Crippen LogP) is 5.29. The maximum atomic E-state index is 12.6. The molecule has 0 radical (unpaired) electrons. The number of nitrogens with zero attached hydrogens (tertiary/aromatic N) is 3. The Morgan fingerprint density at radius 3 is 2.12 bits per heavy atom. The minimum Gasteiger partial charge on any atom is -0.325 e. The molecule has 162 valence electrons. The molecule has 1 heterocycles. The van der Waals surface area contributed by atoms with Crippen LogP contribution in [0.1, 0.15) is 35.4 Å². The second-order valence-electron chi connectivity index (χ2n) is 7.50. The predicted molar refractivity (Wildman–Crippen MR) is 130 cm³/mol. The summed E-state index contributed by atoms with van der Waals surface area (Å²) in [4.78, 5) is 12.6. The summed E-state index contributed by atoms with van der Waals surface area (Å²) in [5.74, 6) is 1.03. The highest BCUT2D eigenvalue weighted by Crippen LogP contribution is 2.32. The normalized spacial score (nSPS) is 11.0. The number of carbonyl (C=O) groups excluding carboxylic acids is 1. The van der Waals surface area contributed by atoms with Gasteiger partial charge in [0, 0.05) is 12.7 Å². The van der Waals surface area contributed by atoms with Gasteiger partial charge in [0.05, 0.1) is 11.7 Å². The molecule has 0 unspecified atom stereocenters. The molecule has 32 heavy (non-hydrogen) atoms. The van der Waals surface area contributed by atoms with E-state index in [0.717, 1.165) is 39.8 Å². The zero-order valence-corrected chi connectivity index (χ0v) is 19.0. The van der Waals surface area contributed by atoms with Gasteiger partial charge in [-0.15, -0.1) is 10.2 Å². The van der Waals surface area contributed by atoms with Crippen LogP contribution in [0.25, 0.3) is 0 Å². The fraction of sp³-hybridized carbons (Fsp3) is 0.192. The van der Waals surface area contributed by atoms with Gasteiger partial charge in [0.25, 0.3) is 0 Å². The number of hydrogen-bond acceptors (Lipinski definition) is 4. The van der Waals surface area contributed by atoms with Crippen molar-refractivity contribution in [1.29, 1.82) is 0 Å². The van der Waals surface area contributed by atoms with Crippen LogP contribution >= 0.6 is 11.8 Å². The van der Waals surface area contributed by atoms with Crippen LogP contribution in [0.3, 0.4) is 0 Å². The summed E-state index contributed by atoms with van der Waals surface area (Å²) in [7, 11) is 1.96. The zero-order valence-electron chi connectivity index (χ0n) is 18.2. The Balaban J connectivity index is 1.52. The number of amides is 1. The van der Waals surface area contributed by atoms with E-state index >= 15 is 0 Å². The average molecular weight is 443 g/mol. The molecule has 3 aromatic carbocycles. The third-order valence-electron chi connectivity index (χ3n) is 5.40. The van der Waals surface area contributed by atoms with Crippen LogP contribution < -0.4 is 5.32 Å². The molecule has 0 aliphatic rings. The second kappa shape index (κ2) is 10.3. The van der Waals surface area contributed by atoms with Crippen molar-refractivity contribution >= 4 is 23.4 Å². The van der Waals surface area contributed by atoms with Crippen LogP contribution in [0, 0.1) is 0 Å². The van der Waals surface area contributed by atoms with E-state index in [9.17, 15) is 4.79 Å². The lowest BCUT2D eigenvalue weighted by atomic mass is 9.90. The number of aromatic nitrogens is 3. The average Bonchev–Trinajstić information content (AvgIpc) is 3.19. The monoisotopic (exact) mass is 442 g/mol. The van der Waals surface area contributed by atoms with Gasteiger partial charge in [-0.3, -0.25) is 4.79 Å². The number of rotatable bonds is 8. The first-order chi connectivity index (χ1) is 15.7. The Morgan fingerprint density at radius 2 is 1.50 bits per heavy atom. The van der Waals surface area contributed by atoms with E-state index in [1.54, 1.807) is 0 Å². The van der Waals surface area contributed by atoms with E-state index in [2.05, 4.69) is 46.7 Å². The number of carbonyl (C=O) groups is 1. The number of thioether (sulfide) groups is 1. The maximum Gasteiger partial charge on any atom is 0.234 e. The van der Waals surface area contributed by atoms with Crippen molar-refractivity contribution in [3.8, 4) is 0 Å². The molecule has 0 saturated carbocycles. The minimum atomic E-state index is -0.0527. The first kappa shape index (κ1) is 21.8. The first-order valence-electron chi connectivity index (χ1n) is 10.7. The molecule has 0 atom stereocenters. The Kier molecular flexibility index (Phi) is 7.02. The molecule has 0 bridgehead atoms. The zero-order chi connectivity index (χ0) is 22.3. The first-order valence-corrected chi connectivity index (χ1v) is 11.7. The number of benzene rings is 3. The molecular weight excluding hydrogens is 416 g/mol. The fourth-order valence-electron chi connectivity index (χ4n) is 3.75. The van der Waals surface area contributed by atoms with Crippen LogP contribution in [-0.4, -0.2) is 26.4 Å². The van der Waals surface area contributed by atoms with Crippen LogP contribution in [0.15, 0.2) is 90.1 Å². The summed E-state index contributed by atoms with van der Waals surface area (Å²) in [6, 6.07) is 28.5. The second-order valence-corrected chi connectivity index (χ2v) is 8.44. The molecule has 0 spiro atoms. The largest absolute Gasteiger partial charge is 0.325 e. The highest BCUT2D eigenvalue weighted by atomic mass is 32.2. The van der Waals surface area contributed by atoms with E-state index in [1.807, 2.05) is 72.3 Å². The van der Waals surface area contributed by atoms with Gasteiger partial charge in [-0.2, -0.15) is 0 Å². The van der Waals surface area contributed by atoms with Crippen molar-refractivity contribution < 1.29 is 4.79 Å². The summed E-state index contributed by atoms with van der Waals surface area (Å²) in [5, 5.41) is 12.6. The van der Waals surface area contributed by atoms with Gasteiger partial charge in [0.1, 0.15) is 5.82 Å². The van der Waals surface area contributed by atoms with Gasteiger partial charge in [0.15, 0.2) is 5.16 Å². The van der Waals surface area contributed by atoms with E-state index in [0.29, 0.717) is 0 Å². The number of anilines is 1. The van der Waals surface area contributed by atoms with Crippen LogP contribution in [0.2, 0.25) is 0 Å². The minimum absolute atomic E-state index is 0.0329. The summed E-state index contributed by atoms with van der Waals surface area (Å²) in [6.45, 7) is 2.08. The van der Waals surface area contributed by atoms with Gasteiger partial charge < -0.3 is 9.88 Å². The molecule has 6 heteroatoms. The summed E-state index contributed by atoms with van der Waals surface area (Å²) in [6.07, 6.45) is 0.872. The quantitative estimate of drug-likeness (QED) is 0.377. The topological polar surface area (TPSA) is 59.8 Å². The van der Waals surface area contributed by atoms with Crippen LogP contribution in [-0.2, 0) is 18.3 Å². The van der Waals surface area contributed by atoms with E-state index < -0.39 is 0 Å². The Labute approximate surface area is 192 Å². The van der Waals surface area contributed by atoms with E-state index in [1.165, 1.54) is 11.8 Å². The third-order valence-corrected chi connectivity index (χ3v) is 6.42. The lowest BCUT2D eigenvalue weighted by Crippen LogP contribution is -2.16. The van der Waals surface area contributed by atoms with Gasteiger partial charge >= 0.3 is 0 Å². The Bertz CT molecular complexity index is 1140. The molecular formula is C26H26N4OS. The van der Waals surface area contributed by atoms with E-state index in [4.69, 9.17) is 0 Å². The summed E-state index contributed by atoms with van der Waals surface area (Å²) >= 11 is 1.39. The van der Waals surface area contributed by atoms with Crippen LogP contribution in [0.5, 0.6) is 0 Å². The molecule has 1 amide bonds. The number of aryl methyl sites for hydroxylation is 1. The number of hydrogen-bond donors (Lipinski definition) is 1. The van der Waals surface area contributed by atoms with Gasteiger partial charge in [-0.1, -0.05) is 97.5 Å².